The van der Waals surface area contributed by atoms with Crippen LogP contribution >= 0.6 is 0 Å². The van der Waals surface area contributed by atoms with Gasteiger partial charge in [0.25, 0.3) is 0 Å². The van der Waals surface area contributed by atoms with Crippen LogP contribution in [0.15, 0.2) is 53.5 Å². The van der Waals surface area contributed by atoms with E-state index >= 15 is 0 Å². The van der Waals surface area contributed by atoms with Crippen LogP contribution in [0.5, 0.6) is 0 Å². The summed E-state index contributed by atoms with van der Waals surface area (Å²) in [5.74, 6) is -0.887. The second-order valence-corrected chi connectivity index (χ2v) is 5.92. The zero-order chi connectivity index (χ0) is 18.5. The number of rotatable bonds is 4. The third kappa shape index (κ3) is 4.44. The summed E-state index contributed by atoms with van der Waals surface area (Å²) < 4.78 is 12.9. The molecule has 26 heavy (non-hydrogen) atoms. The number of carbonyl (C=O) groups excluding carboxylic acids is 2. The molecule has 1 aliphatic heterocycles. The maximum atomic E-state index is 12.9. The highest BCUT2D eigenvalue weighted by Gasteiger charge is 2.27. The zero-order valence-corrected chi connectivity index (χ0v) is 14.3. The molecule has 7 heteroatoms. The lowest BCUT2D eigenvalue weighted by molar-refractivity contribution is -0.124. The van der Waals surface area contributed by atoms with Crippen molar-refractivity contribution in [3.63, 3.8) is 0 Å². The number of hydrogen-bond donors (Lipinski definition) is 3. The molecule has 0 fully saturated rings. The largest absolute Gasteiger partial charge is 0.326 e. The fraction of sp³-hybridized carbons (Fsp3) is 0.211. The van der Waals surface area contributed by atoms with Crippen LogP contribution in [0.1, 0.15) is 18.9 Å². The van der Waals surface area contributed by atoms with Crippen molar-refractivity contribution >= 4 is 29.1 Å². The summed E-state index contributed by atoms with van der Waals surface area (Å²) in [4.78, 5) is 28.5. The Morgan fingerprint density at radius 1 is 1.15 bits per heavy atom. The smallest absolute Gasteiger partial charge is 0.249 e. The second kappa shape index (κ2) is 7.77. The number of anilines is 2. The minimum absolute atomic E-state index is 0.0486. The van der Waals surface area contributed by atoms with Crippen LogP contribution in [0.3, 0.4) is 0 Å². The van der Waals surface area contributed by atoms with E-state index in [1.54, 1.807) is 0 Å². The lowest BCUT2D eigenvalue weighted by Crippen LogP contribution is -2.45. The maximum absolute atomic E-state index is 12.9. The first kappa shape index (κ1) is 17.6. The Hall–Kier alpha value is -3.22. The van der Waals surface area contributed by atoms with Crippen LogP contribution in [0, 0.1) is 5.82 Å². The van der Waals surface area contributed by atoms with E-state index in [4.69, 9.17) is 0 Å². The topological polar surface area (TPSA) is 82.6 Å². The number of benzene rings is 2. The molecule has 1 atom stereocenters. The first-order valence-electron chi connectivity index (χ1n) is 8.33. The lowest BCUT2D eigenvalue weighted by atomic mass is 10.1. The normalized spacial score (nSPS) is 16.5. The van der Waals surface area contributed by atoms with E-state index in [0.717, 1.165) is 12.1 Å². The molecular weight excluding hydrogens is 335 g/mol. The highest BCUT2D eigenvalue weighted by molar-refractivity contribution is 6.09. The van der Waals surface area contributed by atoms with Gasteiger partial charge in [0.1, 0.15) is 11.9 Å². The molecular formula is C19H19FN4O2. The van der Waals surface area contributed by atoms with Gasteiger partial charge >= 0.3 is 0 Å². The third-order valence-electron chi connectivity index (χ3n) is 3.96. The number of amides is 2. The Bertz CT molecular complexity index is 832. The SMILES string of the molecule is CCc1ccc(NC2=N[C@H](C(=O)Nc3ccc(F)cc3)CC(=O)N2)cc1. The van der Waals surface area contributed by atoms with E-state index in [0.29, 0.717) is 5.69 Å². The van der Waals surface area contributed by atoms with Crippen molar-refractivity contribution in [2.75, 3.05) is 10.6 Å². The van der Waals surface area contributed by atoms with Crippen LogP contribution in [0.4, 0.5) is 15.8 Å². The molecule has 0 radical (unpaired) electrons. The summed E-state index contributed by atoms with van der Waals surface area (Å²) in [5.41, 5.74) is 2.41. The van der Waals surface area contributed by atoms with E-state index in [1.807, 2.05) is 24.3 Å². The molecule has 0 unspecified atom stereocenters. The summed E-state index contributed by atoms with van der Waals surface area (Å²) in [6.07, 6.45) is 0.885. The number of guanidine groups is 1. The van der Waals surface area contributed by atoms with Crippen molar-refractivity contribution in [2.24, 2.45) is 4.99 Å². The van der Waals surface area contributed by atoms with E-state index in [1.165, 1.54) is 29.8 Å². The molecule has 0 aliphatic carbocycles. The van der Waals surface area contributed by atoms with Gasteiger partial charge in [0, 0.05) is 11.4 Å². The van der Waals surface area contributed by atoms with Gasteiger partial charge in [0.2, 0.25) is 17.8 Å². The maximum Gasteiger partial charge on any atom is 0.249 e. The van der Waals surface area contributed by atoms with Crippen LogP contribution in [-0.4, -0.2) is 23.8 Å². The predicted octanol–water partition coefficient (Wildman–Crippen LogP) is 2.68. The second-order valence-electron chi connectivity index (χ2n) is 5.92. The van der Waals surface area contributed by atoms with Gasteiger partial charge in [0.05, 0.1) is 6.42 Å². The molecule has 0 saturated heterocycles. The minimum atomic E-state index is -0.855. The van der Waals surface area contributed by atoms with Crippen molar-refractivity contribution in [3.8, 4) is 0 Å². The molecule has 2 aromatic carbocycles. The van der Waals surface area contributed by atoms with Crippen LogP contribution in [-0.2, 0) is 16.0 Å². The van der Waals surface area contributed by atoms with Crippen LogP contribution < -0.4 is 16.0 Å². The predicted molar refractivity (Wildman–Crippen MR) is 98.5 cm³/mol. The Labute approximate surface area is 150 Å². The van der Waals surface area contributed by atoms with Gasteiger partial charge in [-0.05, 0) is 48.4 Å². The first-order valence-corrected chi connectivity index (χ1v) is 8.33. The summed E-state index contributed by atoms with van der Waals surface area (Å²) in [5, 5.41) is 8.27. The van der Waals surface area contributed by atoms with Crippen molar-refractivity contribution in [2.45, 2.75) is 25.8 Å². The fourth-order valence-corrected chi connectivity index (χ4v) is 2.53. The number of halogens is 1. The molecule has 134 valence electrons. The Morgan fingerprint density at radius 2 is 1.81 bits per heavy atom. The van der Waals surface area contributed by atoms with Gasteiger partial charge in [-0.2, -0.15) is 0 Å². The number of nitrogens with one attached hydrogen (secondary N) is 3. The van der Waals surface area contributed by atoms with Crippen molar-refractivity contribution < 1.29 is 14.0 Å². The van der Waals surface area contributed by atoms with Crippen molar-refractivity contribution in [1.29, 1.82) is 0 Å². The van der Waals surface area contributed by atoms with Gasteiger partial charge in [-0.1, -0.05) is 19.1 Å². The molecule has 2 aromatic rings. The van der Waals surface area contributed by atoms with E-state index in [-0.39, 0.29) is 18.3 Å². The summed E-state index contributed by atoms with van der Waals surface area (Å²) >= 11 is 0. The Kier molecular flexibility index (Phi) is 5.26. The number of carbonyl (C=O) groups is 2. The summed E-state index contributed by atoms with van der Waals surface area (Å²) in [6, 6.07) is 12.3. The summed E-state index contributed by atoms with van der Waals surface area (Å²) in [6.45, 7) is 2.07. The van der Waals surface area contributed by atoms with Gasteiger partial charge in [-0.25, -0.2) is 9.38 Å². The molecule has 6 nitrogen and oxygen atoms in total. The van der Waals surface area contributed by atoms with Gasteiger partial charge in [-0.3, -0.25) is 14.9 Å². The molecule has 3 rings (SSSR count). The summed E-state index contributed by atoms with van der Waals surface area (Å²) in [7, 11) is 0. The van der Waals surface area contributed by atoms with Gasteiger partial charge in [-0.15, -0.1) is 0 Å². The molecule has 2 amide bonds. The average molecular weight is 354 g/mol. The third-order valence-corrected chi connectivity index (χ3v) is 3.96. The minimum Gasteiger partial charge on any atom is -0.326 e. The molecule has 0 bridgehead atoms. The molecule has 0 saturated carbocycles. The van der Waals surface area contributed by atoms with Crippen LogP contribution in [0.2, 0.25) is 0 Å². The zero-order valence-electron chi connectivity index (χ0n) is 14.3. The molecule has 3 N–H and O–H groups in total. The number of nitrogens with zero attached hydrogens (tertiary/aromatic N) is 1. The highest BCUT2D eigenvalue weighted by atomic mass is 19.1. The van der Waals surface area contributed by atoms with E-state index in [9.17, 15) is 14.0 Å². The Morgan fingerprint density at radius 3 is 2.46 bits per heavy atom. The van der Waals surface area contributed by atoms with Crippen molar-refractivity contribution in [3.05, 3.63) is 59.9 Å². The van der Waals surface area contributed by atoms with Gasteiger partial charge in [0.15, 0.2) is 0 Å². The van der Waals surface area contributed by atoms with Crippen LogP contribution in [0.25, 0.3) is 0 Å². The average Bonchev–Trinajstić information content (AvgIpc) is 2.64. The number of hydrogen-bond acceptors (Lipinski definition) is 4. The lowest BCUT2D eigenvalue weighted by Gasteiger charge is -2.21. The molecule has 0 spiro atoms. The quantitative estimate of drug-likeness (QED) is 0.789. The van der Waals surface area contributed by atoms with E-state index < -0.39 is 17.8 Å². The monoisotopic (exact) mass is 354 g/mol. The van der Waals surface area contributed by atoms with Crippen molar-refractivity contribution in [1.82, 2.24) is 5.32 Å². The highest BCUT2D eigenvalue weighted by Crippen LogP contribution is 2.14. The fourth-order valence-electron chi connectivity index (χ4n) is 2.53. The molecule has 0 aromatic heterocycles. The first-order chi connectivity index (χ1) is 12.5. The standard InChI is InChI=1S/C19H19FN4O2/c1-2-12-3-7-15(8-4-12)22-19-23-16(11-17(25)24-19)18(26)21-14-9-5-13(20)6-10-14/h3-10,16H,2,11H2,1H3,(H,21,26)(H2,22,23,24,25)/t16-/m0/s1. The Balaban J connectivity index is 1.70. The number of aryl methyl sites for hydroxylation is 1. The van der Waals surface area contributed by atoms with E-state index in [2.05, 4.69) is 27.9 Å². The van der Waals surface area contributed by atoms with Gasteiger partial charge < -0.3 is 10.6 Å². The number of aliphatic imine (C=N–C) groups is 1. The molecule has 1 aliphatic rings. The molecule has 1 heterocycles.